The second-order valence-electron chi connectivity index (χ2n) is 6.33. The van der Waals surface area contributed by atoms with E-state index in [-0.39, 0.29) is 17.0 Å². The molecule has 9 heteroatoms. The fourth-order valence-electron chi connectivity index (χ4n) is 2.86. The lowest BCUT2D eigenvalue weighted by molar-refractivity contribution is -0.100. The Morgan fingerprint density at radius 3 is 2.33 bits per heavy atom. The number of furan rings is 1. The van der Waals surface area contributed by atoms with Crippen LogP contribution in [0.2, 0.25) is 0 Å². The molecule has 2 aliphatic rings. The average Bonchev–Trinajstić information content (AvgIpc) is 3.24. The molecule has 4 aromatic rings. The molecule has 2 aromatic heterocycles. The van der Waals surface area contributed by atoms with Crippen molar-refractivity contribution in [2.24, 2.45) is 0 Å². The van der Waals surface area contributed by atoms with Gasteiger partial charge in [0.05, 0.1) is 5.52 Å². The summed E-state index contributed by atoms with van der Waals surface area (Å²) in [5.74, 6) is 1.14. The summed E-state index contributed by atoms with van der Waals surface area (Å²) < 4.78 is 48.0. The van der Waals surface area contributed by atoms with Crippen molar-refractivity contribution in [3.05, 3.63) is 72.2 Å². The lowest BCUT2D eigenvalue weighted by Gasteiger charge is -2.11. The minimum absolute atomic E-state index is 0.132. The van der Waals surface area contributed by atoms with Crippen molar-refractivity contribution in [1.29, 1.82) is 0 Å². The summed E-state index contributed by atoms with van der Waals surface area (Å²) in [4.78, 5) is 18.2. The van der Waals surface area contributed by atoms with Crippen molar-refractivity contribution in [2.45, 2.75) is 12.9 Å². The molecule has 1 N–H and O–H groups in total. The van der Waals surface area contributed by atoms with E-state index in [1.54, 1.807) is 18.2 Å². The van der Waals surface area contributed by atoms with E-state index < -0.39 is 6.30 Å². The number of nitrogens with one attached hydrogen (secondary N) is 1. The summed E-state index contributed by atoms with van der Waals surface area (Å²) in [6, 6.07) is 15.8. The smallest absolute Gasteiger partial charge is 0.483 e. The standard InChI is InChI=1S/C14H8F3N3O2.C7H6O/c15-14(16,17)20-13-10-5-8(1-3-11(10)18-7-19-13)12-4-2-9(6-21)22-12;1-3-7-4-2-6(1)5-8-7/h1-7H,(H,18,19,20);1-4H,5H2. The first-order valence-electron chi connectivity index (χ1n) is 8.78. The molecule has 152 valence electrons. The number of fused-ring (bicyclic) bond motifs is 4. The van der Waals surface area contributed by atoms with Gasteiger partial charge in [0.15, 0.2) is 12.0 Å². The average molecular weight is 413 g/mol. The number of aromatic nitrogens is 2. The van der Waals surface area contributed by atoms with Crippen LogP contribution < -0.4 is 10.1 Å². The fourth-order valence-corrected chi connectivity index (χ4v) is 2.86. The van der Waals surface area contributed by atoms with Gasteiger partial charge in [0, 0.05) is 10.9 Å². The molecule has 2 aliphatic heterocycles. The fraction of sp³-hybridized carbons (Fsp3) is 0.0952. The summed E-state index contributed by atoms with van der Waals surface area (Å²) in [7, 11) is 0. The van der Waals surface area contributed by atoms with Gasteiger partial charge in [-0.25, -0.2) is 9.97 Å². The Bertz CT molecular complexity index is 1160. The first-order chi connectivity index (χ1) is 14.4. The number of rotatable bonds is 3. The number of benzene rings is 2. The van der Waals surface area contributed by atoms with Crippen LogP contribution in [0.4, 0.5) is 19.0 Å². The lowest BCUT2D eigenvalue weighted by Crippen LogP contribution is -2.21. The number of ether oxygens (including phenoxy) is 1. The largest absolute Gasteiger partial charge is 0.489 e. The van der Waals surface area contributed by atoms with Gasteiger partial charge in [-0.1, -0.05) is 12.1 Å². The van der Waals surface area contributed by atoms with Crippen molar-refractivity contribution in [3.63, 3.8) is 0 Å². The van der Waals surface area contributed by atoms with Crippen LogP contribution in [0.1, 0.15) is 16.1 Å². The van der Waals surface area contributed by atoms with Gasteiger partial charge in [-0.3, -0.25) is 10.1 Å². The van der Waals surface area contributed by atoms with Gasteiger partial charge in [-0.05, 0) is 48.0 Å². The highest BCUT2D eigenvalue weighted by molar-refractivity contribution is 5.92. The van der Waals surface area contributed by atoms with Crippen LogP contribution in [0.25, 0.3) is 22.2 Å². The number of carbonyl (C=O) groups is 1. The first kappa shape index (κ1) is 19.4. The summed E-state index contributed by atoms with van der Waals surface area (Å²) in [6.07, 6.45) is -3.01. The monoisotopic (exact) mass is 413 g/mol. The summed E-state index contributed by atoms with van der Waals surface area (Å²) in [5, 5.41) is 1.58. The maximum Gasteiger partial charge on any atom is 0.483 e. The van der Waals surface area contributed by atoms with Gasteiger partial charge in [0.1, 0.15) is 30.3 Å². The number of carbonyl (C=O) groups excluding carboxylic acids is 1. The molecule has 6 nitrogen and oxygen atoms in total. The number of hydrogen-bond acceptors (Lipinski definition) is 6. The zero-order chi connectivity index (χ0) is 21.1. The van der Waals surface area contributed by atoms with Gasteiger partial charge in [0.2, 0.25) is 0 Å². The number of alkyl halides is 3. The minimum atomic E-state index is -4.60. The molecule has 30 heavy (non-hydrogen) atoms. The molecule has 0 unspecified atom stereocenters. The highest BCUT2D eigenvalue weighted by Crippen LogP contribution is 2.30. The second-order valence-corrected chi connectivity index (χ2v) is 6.33. The highest BCUT2D eigenvalue weighted by atomic mass is 19.4. The van der Waals surface area contributed by atoms with Crippen LogP contribution in [0, 0.1) is 0 Å². The Morgan fingerprint density at radius 1 is 1.00 bits per heavy atom. The molecule has 2 bridgehead atoms. The van der Waals surface area contributed by atoms with Gasteiger partial charge >= 0.3 is 6.30 Å². The Hall–Kier alpha value is -3.88. The molecule has 0 spiro atoms. The molecule has 0 amide bonds. The van der Waals surface area contributed by atoms with Gasteiger partial charge in [0.25, 0.3) is 0 Å². The highest BCUT2D eigenvalue weighted by Gasteiger charge is 2.28. The SMILES string of the molecule is O=Cc1ccc(-c2ccc3ncnc(NC(F)(F)F)c3c2)o1.c1cc2ccc1CO2. The van der Waals surface area contributed by atoms with E-state index in [9.17, 15) is 18.0 Å². The molecule has 4 heterocycles. The lowest BCUT2D eigenvalue weighted by atomic mass is 10.1. The molecule has 0 atom stereocenters. The van der Waals surface area contributed by atoms with E-state index in [2.05, 4.69) is 22.1 Å². The number of anilines is 1. The third kappa shape index (κ3) is 4.40. The zero-order valence-electron chi connectivity index (χ0n) is 15.3. The molecular weight excluding hydrogens is 399 g/mol. The molecular formula is C21H14F3N3O3. The minimum Gasteiger partial charge on any atom is -0.489 e. The number of aldehydes is 1. The van der Waals surface area contributed by atoms with Crippen molar-refractivity contribution < 1.29 is 27.1 Å². The third-order valence-corrected chi connectivity index (χ3v) is 4.25. The number of nitrogens with zero attached hydrogens (tertiary/aromatic N) is 2. The predicted octanol–water partition coefficient (Wildman–Crippen LogP) is 5.21. The number of hydrogen-bond donors (Lipinski definition) is 1. The molecule has 6 rings (SSSR count). The van der Waals surface area contributed by atoms with Crippen LogP contribution in [0.3, 0.4) is 0 Å². The topological polar surface area (TPSA) is 77.3 Å². The Morgan fingerprint density at radius 2 is 1.80 bits per heavy atom. The summed E-state index contributed by atoms with van der Waals surface area (Å²) in [6.45, 7) is 0.766. The van der Waals surface area contributed by atoms with Crippen LogP contribution >= 0.6 is 0 Å². The second kappa shape index (κ2) is 7.86. The van der Waals surface area contributed by atoms with E-state index in [1.165, 1.54) is 23.0 Å². The van der Waals surface area contributed by atoms with Crippen LogP contribution in [-0.4, -0.2) is 22.6 Å². The van der Waals surface area contributed by atoms with Crippen molar-refractivity contribution in [2.75, 3.05) is 5.32 Å². The van der Waals surface area contributed by atoms with Crippen LogP contribution in [0.5, 0.6) is 5.75 Å². The summed E-state index contributed by atoms with van der Waals surface area (Å²) in [5.41, 5.74) is 2.13. The van der Waals surface area contributed by atoms with E-state index in [0.29, 0.717) is 23.1 Å². The third-order valence-electron chi connectivity index (χ3n) is 4.25. The van der Waals surface area contributed by atoms with Gasteiger partial charge in [-0.2, -0.15) is 13.2 Å². The summed E-state index contributed by atoms with van der Waals surface area (Å²) >= 11 is 0. The molecule has 0 saturated carbocycles. The van der Waals surface area contributed by atoms with Gasteiger partial charge < -0.3 is 9.15 Å². The van der Waals surface area contributed by atoms with E-state index in [4.69, 9.17) is 9.15 Å². The quantitative estimate of drug-likeness (QED) is 0.367. The molecule has 0 saturated heterocycles. The van der Waals surface area contributed by atoms with Crippen LogP contribution in [0.15, 0.2) is 65.3 Å². The normalized spacial score (nSPS) is 12.1. The van der Waals surface area contributed by atoms with Crippen LogP contribution in [-0.2, 0) is 6.61 Å². The van der Waals surface area contributed by atoms with E-state index in [1.807, 2.05) is 12.1 Å². The first-order valence-corrected chi connectivity index (χ1v) is 8.78. The molecule has 0 radical (unpaired) electrons. The van der Waals surface area contributed by atoms with Crippen molar-refractivity contribution in [1.82, 2.24) is 9.97 Å². The maximum atomic E-state index is 12.5. The number of halogens is 3. The van der Waals surface area contributed by atoms with Gasteiger partial charge in [-0.15, -0.1) is 0 Å². The predicted molar refractivity (Wildman–Crippen MR) is 103 cm³/mol. The Balaban J connectivity index is 0.000000225. The van der Waals surface area contributed by atoms with E-state index >= 15 is 0 Å². The zero-order valence-corrected chi connectivity index (χ0v) is 15.3. The Kier molecular flexibility index (Phi) is 5.09. The van der Waals surface area contributed by atoms with Crippen molar-refractivity contribution >= 4 is 23.0 Å². The molecule has 0 aliphatic carbocycles. The molecule has 2 aromatic carbocycles. The molecule has 0 fully saturated rings. The maximum absolute atomic E-state index is 12.5. The van der Waals surface area contributed by atoms with E-state index in [0.717, 1.165) is 18.7 Å². The Labute approximate surface area is 168 Å². The van der Waals surface area contributed by atoms with Crippen molar-refractivity contribution in [3.8, 4) is 17.1 Å².